The van der Waals surface area contributed by atoms with E-state index in [0.29, 0.717) is 18.7 Å². The van der Waals surface area contributed by atoms with Crippen molar-refractivity contribution in [3.05, 3.63) is 87.2 Å². The molecule has 17 heteroatoms. The Morgan fingerprint density at radius 2 is 1.84 bits per heavy atom. The maximum Gasteiger partial charge on any atom is 0.320 e. The molecule has 1 saturated heterocycles. The number of pyridine rings is 2. The molecular weight excluding hydrogens is 752 g/mol. The number of fused-ring (bicyclic) bond motifs is 5. The highest BCUT2D eigenvalue weighted by Crippen LogP contribution is 2.53. The average Bonchev–Trinajstić information content (AvgIpc) is 3.59. The summed E-state index contributed by atoms with van der Waals surface area (Å²) in [5.41, 5.74) is 3.83. The number of methoxy groups -OCH3 is 1. The number of ketones is 3. The number of carbonyl (C=O) groups excluding carboxylic acids is 4. The van der Waals surface area contributed by atoms with E-state index in [4.69, 9.17) is 29.7 Å². The van der Waals surface area contributed by atoms with E-state index in [9.17, 15) is 39.6 Å². The summed E-state index contributed by atoms with van der Waals surface area (Å²) in [5, 5.41) is 47.9. The molecule has 4 aliphatic rings. The van der Waals surface area contributed by atoms with Crippen LogP contribution >= 0.6 is 12.4 Å². The highest BCUT2D eigenvalue weighted by molar-refractivity contribution is 6.31. The van der Waals surface area contributed by atoms with Crippen molar-refractivity contribution in [2.45, 2.75) is 75.5 Å². The molecule has 0 saturated carbocycles. The smallest absolute Gasteiger partial charge is 0.320 e. The molecule has 4 aromatic rings. The number of nitrogens with zero attached hydrogens (tertiary/aromatic N) is 3. The molecule has 0 radical (unpaired) electrons. The number of phenols is 2. The Labute approximate surface area is 325 Å². The Bertz CT molecular complexity index is 2260. The largest absolute Gasteiger partial charge is 0.507 e. The zero-order chi connectivity index (χ0) is 38.9. The van der Waals surface area contributed by atoms with Crippen LogP contribution in [0.15, 0.2) is 42.6 Å². The van der Waals surface area contributed by atoms with Crippen LogP contribution in [-0.4, -0.2) is 109 Å². The quantitative estimate of drug-likeness (QED) is 0.111. The Kier molecular flexibility index (Phi) is 10.3. The number of aliphatic hydroxyl groups excluding tert-OH is 1. The molecular formula is C39H39ClN4O12. The summed E-state index contributed by atoms with van der Waals surface area (Å²) in [6, 6.07) is 9.62. The molecule has 0 unspecified atom stereocenters. The van der Waals surface area contributed by atoms with Crippen molar-refractivity contribution in [3.8, 4) is 17.2 Å². The van der Waals surface area contributed by atoms with E-state index in [1.807, 2.05) is 23.1 Å². The zero-order valence-electron chi connectivity index (χ0n) is 30.3. The predicted molar refractivity (Wildman–Crippen MR) is 197 cm³/mol. The number of esters is 1. The number of nitrogens with two attached hydrogens (primary N) is 1. The highest BCUT2D eigenvalue weighted by Gasteiger charge is 2.51. The Morgan fingerprint density at radius 1 is 1.07 bits per heavy atom. The predicted octanol–water partition coefficient (Wildman–Crippen LogP) is 1.93. The van der Waals surface area contributed by atoms with Crippen molar-refractivity contribution in [2.24, 2.45) is 5.73 Å². The molecule has 2 aliphatic heterocycles. The molecule has 0 bridgehead atoms. The number of aliphatic hydroxyl groups is 2. The van der Waals surface area contributed by atoms with Gasteiger partial charge in [-0.05, 0) is 36.8 Å². The molecule has 8 rings (SSSR count). The molecule has 56 heavy (non-hydrogen) atoms. The number of halogens is 1. The lowest BCUT2D eigenvalue weighted by molar-refractivity contribution is -0.259. The normalized spacial score (nSPS) is 25.4. The SMILES string of the molecule is COc1cccc2c1C(=O)c1c(O)c3c(c(O)c1C2=O)C[C@@](O)(C(=O)COC(=O)CN)C[C@@H]3O[C@H]1C[C@H](N2Cc3cc4cccnc4nc3C2)[C@H](O)[C@H](C)O1.Cl. The van der Waals surface area contributed by atoms with Crippen LogP contribution in [0.4, 0.5) is 0 Å². The first-order valence-electron chi connectivity index (χ1n) is 17.8. The second-order valence-corrected chi connectivity index (χ2v) is 14.3. The van der Waals surface area contributed by atoms with Crippen molar-refractivity contribution in [3.63, 3.8) is 0 Å². The van der Waals surface area contributed by atoms with E-state index in [2.05, 4.69) is 4.98 Å². The minimum atomic E-state index is -2.36. The summed E-state index contributed by atoms with van der Waals surface area (Å²) < 4.78 is 22.9. The van der Waals surface area contributed by atoms with Crippen LogP contribution in [0.25, 0.3) is 11.0 Å². The number of rotatable bonds is 8. The van der Waals surface area contributed by atoms with E-state index in [1.54, 1.807) is 13.1 Å². The van der Waals surface area contributed by atoms with Gasteiger partial charge in [0.05, 0.1) is 54.4 Å². The molecule has 2 aromatic heterocycles. The number of aromatic hydroxyl groups is 2. The fraction of sp³-hybridized carbons (Fsp3) is 0.385. The third-order valence-electron chi connectivity index (χ3n) is 11.1. The fourth-order valence-corrected chi connectivity index (χ4v) is 8.31. The number of phenolic OH excluding ortho intramolecular Hbond substituents is 2. The summed E-state index contributed by atoms with van der Waals surface area (Å²) in [6.07, 6.45) is -3.68. The molecule has 16 nitrogen and oxygen atoms in total. The van der Waals surface area contributed by atoms with Gasteiger partial charge in [-0.3, -0.25) is 24.1 Å². The third kappa shape index (κ3) is 6.36. The van der Waals surface area contributed by atoms with Gasteiger partial charge in [0.15, 0.2) is 24.3 Å². The van der Waals surface area contributed by atoms with Crippen molar-refractivity contribution < 1.29 is 58.6 Å². The Morgan fingerprint density at radius 3 is 2.59 bits per heavy atom. The van der Waals surface area contributed by atoms with Crippen LogP contribution in [0.2, 0.25) is 0 Å². The standard InChI is InChI=1S/C39H38N4O12.ClH/c1-17-33(46)23(43-14-19-9-18-5-4-8-41-38(18)42-22(19)15-43)10-28(54-17)55-25-12-39(51,26(44)16-53-27(45)13-40)11-21-30(25)37(50)32-31(35(21)48)34(47)20-6-3-7-24(52-2)29(20)36(32)49;/h3-9,17,23,25,28,33,46,48,50-51H,10-16,40H2,1-2H3;1H/t17-,23-,25-,28-,33+,39-;/m0./s1. The van der Waals surface area contributed by atoms with E-state index < -0.39 is 108 Å². The first-order valence-corrected chi connectivity index (χ1v) is 17.8. The summed E-state index contributed by atoms with van der Waals surface area (Å²) in [7, 11) is 1.33. The maximum absolute atomic E-state index is 14.1. The van der Waals surface area contributed by atoms with Gasteiger partial charge >= 0.3 is 5.97 Å². The lowest BCUT2D eigenvalue weighted by Crippen LogP contribution is -2.54. The fourth-order valence-electron chi connectivity index (χ4n) is 8.31. The van der Waals surface area contributed by atoms with Gasteiger partial charge in [0.25, 0.3) is 0 Å². The number of hydrogen-bond donors (Lipinski definition) is 5. The summed E-state index contributed by atoms with van der Waals surface area (Å²) >= 11 is 0. The third-order valence-corrected chi connectivity index (χ3v) is 11.1. The lowest BCUT2D eigenvalue weighted by Gasteiger charge is -2.44. The average molecular weight is 791 g/mol. The van der Waals surface area contributed by atoms with Crippen molar-refractivity contribution in [1.29, 1.82) is 0 Å². The first kappa shape index (κ1) is 39.2. The van der Waals surface area contributed by atoms with Gasteiger partial charge in [-0.1, -0.05) is 12.1 Å². The van der Waals surface area contributed by atoms with Crippen LogP contribution in [0.5, 0.6) is 17.2 Å². The summed E-state index contributed by atoms with van der Waals surface area (Å²) in [5.74, 6) is -4.78. The number of hydrogen-bond acceptors (Lipinski definition) is 16. The van der Waals surface area contributed by atoms with Crippen LogP contribution in [0, 0.1) is 0 Å². The molecule has 6 atom stereocenters. The Balaban J connectivity index is 0.00000480. The summed E-state index contributed by atoms with van der Waals surface area (Å²) in [6.45, 7) is 1.17. The topological polar surface area (TPSA) is 241 Å². The monoisotopic (exact) mass is 790 g/mol. The molecule has 0 spiro atoms. The Hall–Kier alpha value is -5.07. The van der Waals surface area contributed by atoms with Gasteiger partial charge < -0.3 is 45.1 Å². The molecule has 4 heterocycles. The maximum atomic E-state index is 14.1. The van der Waals surface area contributed by atoms with Crippen LogP contribution in [-0.2, 0) is 43.3 Å². The molecule has 294 valence electrons. The number of carbonyl (C=O) groups is 4. The molecule has 2 aliphatic carbocycles. The van der Waals surface area contributed by atoms with Gasteiger partial charge in [-0.2, -0.15) is 0 Å². The second kappa shape index (κ2) is 14.8. The molecule has 0 amide bonds. The van der Waals surface area contributed by atoms with Gasteiger partial charge in [0.1, 0.15) is 22.8 Å². The van der Waals surface area contributed by atoms with Crippen LogP contribution in [0.3, 0.4) is 0 Å². The van der Waals surface area contributed by atoms with E-state index in [1.165, 1.54) is 25.3 Å². The highest BCUT2D eigenvalue weighted by atomic mass is 35.5. The minimum Gasteiger partial charge on any atom is -0.507 e. The molecule has 6 N–H and O–H groups in total. The number of benzene rings is 2. The van der Waals surface area contributed by atoms with E-state index in [-0.39, 0.29) is 46.8 Å². The lowest BCUT2D eigenvalue weighted by atomic mass is 9.72. The number of Topliss-reactive ketones (excluding diaryl/α,β-unsaturated/α-hetero) is 1. The number of ether oxygens (including phenoxy) is 4. The van der Waals surface area contributed by atoms with Gasteiger partial charge in [-0.15, -0.1) is 12.4 Å². The van der Waals surface area contributed by atoms with Gasteiger partial charge in [0.2, 0.25) is 11.6 Å². The molecule has 1 fully saturated rings. The van der Waals surface area contributed by atoms with E-state index >= 15 is 0 Å². The summed E-state index contributed by atoms with van der Waals surface area (Å²) in [4.78, 5) is 64.5. The minimum absolute atomic E-state index is 0. The van der Waals surface area contributed by atoms with Crippen molar-refractivity contribution >= 4 is 46.8 Å². The molecule has 2 aromatic carbocycles. The zero-order valence-corrected chi connectivity index (χ0v) is 31.1. The first-order chi connectivity index (χ1) is 26.3. The van der Waals surface area contributed by atoms with Gasteiger partial charge in [-0.25, -0.2) is 9.97 Å². The van der Waals surface area contributed by atoms with Crippen LogP contribution in [0.1, 0.15) is 80.1 Å². The number of aromatic nitrogens is 2. The van der Waals surface area contributed by atoms with Crippen molar-refractivity contribution in [1.82, 2.24) is 14.9 Å². The van der Waals surface area contributed by atoms with Crippen molar-refractivity contribution in [2.75, 3.05) is 20.3 Å². The van der Waals surface area contributed by atoms with Crippen LogP contribution < -0.4 is 10.5 Å². The van der Waals surface area contributed by atoms with E-state index in [0.717, 1.165) is 16.6 Å². The van der Waals surface area contributed by atoms with Gasteiger partial charge in [0, 0.05) is 66.7 Å². The second-order valence-electron chi connectivity index (χ2n) is 14.3.